The standard InChI is InChI=1S/C22H23NO3/c24-20-19(16-17-10-4-1-5-11-17)21(25)26-22(14-8-3-9-15-22)23(20)18-12-6-2-7-13-18/h1-2,4-7,10-13,25H,3,8-9,14-16H2. The maximum absolute atomic E-state index is 13.4. The molecule has 4 rings (SSSR count). The number of rotatable bonds is 3. The Hall–Kier alpha value is -2.75. The van der Waals surface area contributed by atoms with Gasteiger partial charge in [-0.15, -0.1) is 0 Å². The molecular weight excluding hydrogens is 326 g/mol. The molecule has 1 aliphatic carbocycles. The second kappa shape index (κ2) is 6.87. The minimum atomic E-state index is -0.777. The zero-order valence-electron chi connectivity index (χ0n) is 14.7. The normalized spacial score (nSPS) is 19.5. The molecule has 0 radical (unpaired) electrons. The van der Waals surface area contributed by atoms with Gasteiger partial charge < -0.3 is 9.84 Å². The summed E-state index contributed by atoms with van der Waals surface area (Å²) in [6.45, 7) is 0. The number of aliphatic hydroxyl groups is 1. The van der Waals surface area contributed by atoms with Gasteiger partial charge in [-0.05, 0) is 30.5 Å². The zero-order chi connectivity index (χ0) is 18.0. The molecule has 1 saturated carbocycles. The molecule has 0 saturated heterocycles. The van der Waals surface area contributed by atoms with Crippen molar-refractivity contribution >= 4 is 11.6 Å². The summed E-state index contributed by atoms with van der Waals surface area (Å²) in [5.74, 6) is -0.376. The molecule has 0 atom stereocenters. The quantitative estimate of drug-likeness (QED) is 0.872. The van der Waals surface area contributed by atoms with Crippen molar-refractivity contribution in [2.45, 2.75) is 44.2 Å². The lowest BCUT2D eigenvalue weighted by molar-refractivity contribution is -0.134. The Bertz CT molecular complexity index is 808. The fourth-order valence-corrected chi connectivity index (χ4v) is 4.01. The molecule has 1 N–H and O–H groups in total. The summed E-state index contributed by atoms with van der Waals surface area (Å²) in [6, 6.07) is 19.3. The van der Waals surface area contributed by atoms with Crippen molar-refractivity contribution in [1.82, 2.24) is 0 Å². The number of hydrogen-bond donors (Lipinski definition) is 1. The second-order valence-electron chi connectivity index (χ2n) is 7.03. The van der Waals surface area contributed by atoms with Gasteiger partial charge in [0, 0.05) is 24.9 Å². The Kier molecular flexibility index (Phi) is 4.41. The SMILES string of the molecule is O=C1C(Cc2ccccc2)=C(O)OC2(CCCCC2)N1c1ccccc1. The van der Waals surface area contributed by atoms with Crippen LogP contribution < -0.4 is 4.90 Å². The molecule has 0 bridgehead atoms. The van der Waals surface area contributed by atoms with Crippen LogP contribution in [0, 0.1) is 0 Å². The molecule has 1 amide bonds. The Morgan fingerprint density at radius 3 is 2.19 bits per heavy atom. The number of amides is 1. The number of nitrogens with zero attached hydrogens (tertiary/aromatic N) is 1. The van der Waals surface area contributed by atoms with Crippen molar-refractivity contribution in [3.63, 3.8) is 0 Å². The predicted octanol–water partition coefficient (Wildman–Crippen LogP) is 4.72. The van der Waals surface area contributed by atoms with Gasteiger partial charge in [0.1, 0.15) is 5.57 Å². The topological polar surface area (TPSA) is 49.8 Å². The van der Waals surface area contributed by atoms with Crippen molar-refractivity contribution in [3.8, 4) is 0 Å². The van der Waals surface area contributed by atoms with E-state index in [1.54, 1.807) is 4.90 Å². The predicted molar refractivity (Wildman–Crippen MR) is 101 cm³/mol. The van der Waals surface area contributed by atoms with Crippen LogP contribution in [0.2, 0.25) is 0 Å². The fraction of sp³-hybridized carbons (Fsp3) is 0.318. The molecule has 1 spiro atoms. The van der Waals surface area contributed by atoms with Gasteiger partial charge >= 0.3 is 0 Å². The third kappa shape index (κ3) is 2.96. The molecule has 1 heterocycles. The monoisotopic (exact) mass is 349 g/mol. The van der Waals surface area contributed by atoms with Crippen LogP contribution in [0.1, 0.15) is 37.7 Å². The van der Waals surface area contributed by atoms with Crippen LogP contribution in [0.5, 0.6) is 0 Å². The van der Waals surface area contributed by atoms with E-state index in [9.17, 15) is 9.90 Å². The third-order valence-corrected chi connectivity index (χ3v) is 5.29. The highest BCUT2D eigenvalue weighted by Crippen LogP contribution is 2.43. The lowest BCUT2D eigenvalue weighted by Gasteiger charge is -2.48. The largest absolute Gasteiger partial charge is 0.481 e. The van der Waals surface area contributed by atoms with E-state index in [-0.39, 0.29) is 11.9 Å². The van der Waals surface area contributed by atoms with Gasteiger partial charge in [-0.3, -0.25) is 9.69 Å². The molecule has 26 heavy (non-hydrogen) atoms. The van der Waals surface area contributed by atoms with Crippen LogP contribution in [-0.4, -0.2) is 16.7 Å². The van der Waals surface area contributed by atoms with Crippen LogP contribution in [0.25, 0.3) is 0 Å². The number of para-hydroxylation sites is 1. The summed E-state index contributed by atoms with van der Waals surface area (Å²) >= 11 is 0. The average molecular weight is 349 g/mol. The van der Waals surface area contributed by atoms with Crippen molar-refractivity contribution in [3.05, 3.63) is 77.7 Å². The first-order valence-electron chi connectivity index (χ1n) is 9.24. The average Bonchev–Trinajstić information content (AvgIpc) is 2.67. The molecule has 134 valence electrons. The number of aliphatic hydroxyl groups excluding tert-OH is 1. The summed E-state index contributed by atoms with van der Waals surface area (Å²) in [6.07, 6.45) is 4.91. The molecule has 1 fully saturated rings. The van der Waals surface area contributed by atoms with E-state index in [4.69, 9.17) is 4.74 Å². The molecule has 4 nitrogen and oxygen atoms in total. The van der Waals surface area contributed by atoms with Crippen molar-refractivity contribution in [2.24, 2.45) is 0 Å². The lowest BCUT2D eigenvalue weighted by atomic mass is 9.87. The summed E-state index contributed by atoms with van der Waals surface area (Å²) < 4.78 is 6.08. The first-order chi connectivity index (χ1) is 12.7. The van der Waals surface area contributed by atoms with E-state index in [0.29, 0.717) is 12.0 Å². The Morgan fingerprint density at radius 1 is 0.923 bits per heavy atom. The van der Waals surface area contributed by atoms with Crippen LogP contribution in [0.4, 0.5) is 5.69 Å². The fourth-order valence-electron chi connectivity index (χ4n) is 4.01. The van der Waals surface area contributed by atoms with Crippen LogP contribution in [0.3, 0.4) is 0 Å². The molecule has 0 unspecified atom stereocenters. The Labute approximate surface area is 153 Å². The summed E-state index contributed by atoms with van der Waals surface area (Å²) in [4.78, 5) is 15.2. The number of ether oxygens (including phenoxy) is 1. The van der Waals surface area contributed by atoms with Crippen molar-refractivity contribution in [1.29, 1.82) is 0 Å². The Balaban J connectivity index is 1.75. The molecule has 2 aromatic rings. The summed E-state index contributed by atoms with van der Waals surface area (Å²) in [7, 11) is 0. The van der Waals surface area contributed by atoms with Gasteiger partial charge in [0.15, 0.2) is 5.72 Å². The molecule has 1 aliphatic heterocycles. The third-order valence-electron chi connectivity index (χ3n) is 5.29. The highest BCUT2D eigenvalue weighted by atomic mass is 16.6. The zero-order valence-corrected chi connectivity index (χ0v) is 14.7. The summed E-state index contributed by atoms with van der Waals surface area (Å²) in [5.41, 5.74) is 1.33. The maximum Gasteiger partial charge on any atom is 0.288 e. The minimum absolute atomic E-state index is 0.161. The van der Waals surface area contributed by atoms with E-state index in [1.165, 1.54) is 0 Å². The smallest absolute Gasteiger partial charge is 0.288 e. The first-order valence-corrected chi connectivity index (χ1v) is 9.24. The maximum atomic E-state index is 13.4. The van der Waals surface area contributed by atoms with Crippen LogP contribution in [-0.2, 0) is 16.0 Å². The minimum Gasteiger partial charge on any atom is -0.481 e. The number of hydrogen-bond acceptors (Lipinski definition) is 3. The van der Waals surface area contributed by atoms with Crippen LogP contribution in [0.15, 0.2) is 72.2 Å². The number of anilines is 1. The van der Waals surface area contributed by atoms with E-state index in [2.05, 4.69) is 0 Å². The number of benzene rings is 2. The van der Waals surface area contributed by atoms with E-state index in [1.807, 2.05) is 60.7 Å². The van der Waals surface area contributed by atoms with Gasteiger partial charge in [0.25, 0.3) is 11.9 Å². The first kappa shape index (κ1) is 16.7. The van der Waals surface area contributed by atoms with Gasteiger partial charge in [-0.1, -0.05) is 55.0 Å². The van der Waals surface area contributed by atoms with Crippen molar-refractivity contribution < 1.29 is 14.6 Å². The van der Waals surface area contributed by atoms with Gasteiger partial charge in [0.2, 0.25) is 0 Å². The van der Waals surface area contributed by atoms with Crippen molar-refractivity contribution in [2.75, 3.05) is 4.90 Å². The highest BCUT2D eigenvalue weighted by Gasteiger charge is 2.49. The molecule has 0 aromatic heterocycles. The second-order valence-corrected chi connectivity index (χ2v) is 7.03. The van der Waals surface area contributed by atoms with E-state index in [0.717, 1.165) is 43.4 Å². The van der Waals surface area contributed by atoms with Crippen LogP contribution >= 0.6 is 0 Å². The molecule has 4 heteroatoms. The number of carbonyl (C=O) groups is 1. The molecule has 2 aliphatic rings. The Morgan fingerprint density at radius 2 is 1.54 bits per heavy atom. The number of carbonyl (C=O) groups excluding carboxylic acids is 1. The highest BCUT2D eigenvalue weighted by molar-refractivity contribution is 6.07. The van der Waals surface area contributed by atoms with Gasteiger partial charge in [0.05, 0.1) is 0 Å². The van der Waals surface area contributed by atoms with E-state index >= 15 is 0 Å². The summed E-state index contributed by atoms with van der Waals surface area (Å²) in [5, 5.41) is 10.6. The van der Waals surface area contributed by atoms with E-state index < -0.39 is 5.72 Å². The molecule has 2 aromatic carbocycles. The van der Waals surface area contributed by atoms with Gasteiger partial charge in [-0.2, -0.15) is 0 Å². The van der Waals surface area contributed by atoms with Gasteiger partial charge in [-0.25, -0.2) is 0 Å². The lowest BCUT2D eigenvalue weighted by Crippen LogP contribution is -2.58. The molecular formula is C22H23NO3.